The minimum atomic E-state index is 0.674. The molecule has 106 valence electrons. The zero-order valence-electron chi connectivity index (χ0n) is 13.6. The number of unbranched alkanes of at least 4 members (excludes halogenated alkanes) is 3. The summed E-state index contributed by atoms with van der Waals surface area (Å²) in [6, 6.07) is 0. The highest BCUT2D eigenvalue weighted by atomic mass is 14.6. The Morgan fingerprint density at radius 2 is 1.78 bits per heavy atom. The molecule has 1 aliphatic carbocycles. The van der Waals surface area contributed by atoms with Crippen molar-refractivity contribution in [1.82, 2.24) is 0 Å². The van der Waals surface area contributed by atoms with Gasteiger partial charge in [-0.2, -0.15) is 0 Å². The predicted octanol–water partition coefficient (Wildman–Crippen LogP) is 6.22. The third kappa shape index (κ3) is 3.87. The normalized spacial score (nSPS) is 32.1. The molecule has 0 radical (unpaired) electrons. The van der Waals surface area contributed by atoms with E-state index in [0.717, 1.165) is 17.8 Å². The Bertz CT molecular complexity index is 274. The van der Waals surface area contributed by atoms with E-state index in [1.54, 1.807) is 5.57 Å². The topological polar surface area (TPSA) is 0 Å². The van der Waals surface area contributed by atoms with Crippen molar-refractivity contribution in [2.45, 2.75) is 80.1 Å². The lowest BCUT2D eigenvalue weighted by molar-refractivity contribution is 0.377. The van der Waals surface area contributed by atoms with Crippen LogP contribution in [0, 0.1) is 23.2 Å². The van der Waals surface area contributed by atoms with Crippen LogP contribution in [0.3, 0.4) is 0 Å². The van der Waals surface area contributed by atoms with Crippen LogP contribution in [0.25, 0.3) is 0 Å². The van der Waals surface area contributed by atoms with Crippen molar-refractivity contribution in [3.63, 3.8) is 0 Å². The molecule has 0 aliphatic heterocycles. The van der Waals surface area contributed by atoms with Crippen molar-refractivity contribution in [2.75, 3.05) is 0 Å². The van der Waals surface area contributed by atoms with E-state index in [2.05, 4.69) is 47.6 Å². The second-order valence-corrected chi connectivity index (χ2v) is 7.11. The fourth-order valence-corrected chi connectivity index (χ4v) is 3.98. The maximum Gasteiger partial charge on any atom is -0.0264 e. The standard InChI is InChI=1S/C18H34/c1-7-15(4)12-10-8-9-11-13-18(6)16(5)17(18)14(2)3/h7,14,16-17H,8-13H2,1-6H3. The summed E-state index contributed by atoms with van der Waals surface area (Å²) < 4.78 is 0. The molecule has 0 nitrogen and oxygen atoms in total. The number of hydrogen-bond acceptors (Lipinski definition) is 0. The summed E-state index contributed by atoms with van der Waals surface area (Å²) in [5.41, 5.74) is 2.23. The van der Waals surface area contributed by atoms with Crippen molar-refractivity contribution in [1.29, 1.82) is 0 Å². The molecule has 0 saturated heterocycles. The van der Waals surface area contributed by atoms with Gasteiger partial charge >= 0.3 is 0 Å². The molecule has 0 heterocycles. The maximum atomic E-state index is 2.52. The fraction of sp³-hybridized carbons (Fsp3) is 0.889. The zero-order chi connectivity index (χ0) is 13.8. The van der Waals surface area contributed by atoms with Crippen molar-refractivity contribution >= 4 is 0 Å². The van der Waals surface area contributed by atoms with Gasteiger partial charge in [-0.25, -0.2) is 0 Å². The molecule has 1 fully saturated rings. The average molecular weight is 250 g/mol. The van der Waals surface area contributed by atoms with Crippen LogP contribution < -0.4 is 0 Å². The largest absolute Gasteiger partial charge is 0.0887 e. The Balaban J connectivity index is 2.09. The van der Waals surface area contributed by atoms with E-state index in [1.165, 1.54) is 38.5 Å². The first-order valence-corrected chi connectivity index (χ1v) is 8.05. The summed E-state index contributed by atoms with van der Waals surface area (Å²) >= 11 is 0. The molecule has 0 spiro atoms. The van der Waals surface area contributed by atoms with Gasteiger partial charge in [0.15, 0.2) is 0 Å². The molecule has 1 saturated carbocycles. The molecule has 3 atom stereocenters. The van der Waals surface area contributed by atoms with Crippen LogP contribution in [0.2, 0.25) is 0 Å². The summed E-state index contributed by atoms with van der Waals surface area (Å²) in [4.78, 5) is 0. The molecule has 0 aromatic heterocycles. The summed E-state index contributed by atoms with van der Waals surface area (Å²) in [6.07, 6.45) is 10.7. The van der Waals surface area contributed by atoms with E-state index in [-0.39, 0.29) is 0 Å². The molecule has 0 amide bonds. The van der Waals surface area contributed by atoms with Crippen molar-refractivity contribution in [3.05, 3.63) is 11.6 Å². The van der Waals surface area contributed by atoms with Crippen molar-refractivity contribution < 1.29 is 0 Å². The molecular formula is C18H34. The summed E-state index contributed by atoms with van der Waals surface area (Å²) in [5.74, 6) is 2.83. The predicted molar refractivity (Wildman–Crippen MR) is 82.7 cm³/mol. The third-order valence-corrected chi connectivity index (χ3v) is 5.48. The lowest BCUT2D eigenvalue weighted by atomic mass is 9.92. The molecule has 1 aliphatic rings. The molecule has 1 rings (SSSR count). The Labute approximate surface area is 115 Å². The van der Waals surface area contributed by atoms with E-state index in [1.807, 2.05) is 0 Å². The van der Waals surface area contributed by atoms with E-state index >= 15 is 0 Å². The van der Waals surface area contributed by atoms with Crippen LogP contribution in [-0.4, -0.2) is 0 Å². The van der Waals surface area contributed by atoms with Gasteiger partial charge in [-0.05, 0) is 56.3 Å². The van der Waals surface area contributed by atoms with Gasteiger partial charge in [0.25, 0.3) is 0 Å². The van der Waals surface area contributed by atoms with E-state index < -0.39 is 0 Å². The van der Waals surface area contributed by atoms with E-state index in [9.17, 15) is 0 Å². The first kappa shape index (κ1) is 15.8. The monoisotopic (exact) mass is 250 g/mol. The highest BCUT2D eigenvalue weighted by Crippen LogP contribution is 2.64. The van der Waals surface area contributed by atoms with Crippen LogP contribution in [0.5, 0.6) is 0 Å². The minimum Gasteiger partial charge on any atom is -0.0887 e. The molecule has 0 aromatic rings. The van der Waals surface area contributed by atoms with Gasteiger partial charge in [0.1, 0.15) is 0 Å². The first-order valence-electron chi connectivity index (χ1n) is 8.05. The Morgan fingerprint density at radius 1 is 1.17 bits per heavy atom. The Kier molecular flexibility index (Phi) is 5.95. The number of rotatable bonds is 8. The summed E-state index contributed by atoms with van der Waals surface area (Å²) in [7, 11) is 0. The Morgan fingerprint density at radius 3 is 2.28 bits per heavy atom. The highest BCUT2D eigenvalue weighted by Gasteiger charge is 2.57. The second-order valence-electron chi connectivity index (χ2n) is 7.11. The number of hydrogen-bond donors (Lipinski definition) is 0. The summed E-state index contributed by atoms with van der Waals surface area (Å²) in [6.45, 7) is 14.2. The number of allylic oxidation sites excluding steroid dienone is 2. The lowest BCUT2D eigenvalue weighted by Gasteiger charge is -2.13. The molecule has 0 aromatic carbocycles. The first-order chi connectivity index (χ1) is 8.43. The molecule has 0 heteroatoms. The SMILES string of the molecule is CC=C(C)CCCCCCC1(C)C(C)C1C(C)C. The molecular weight excluding hydrogens is 216 g/mol. The third-order valence-electron chi connectivity index (χ3n) is 5.48. The van der Waals surface area contributed by atoms with E-state index in [4.69, 9.17) is 0 Å². The zero-order valence-corrected chi connectivity index (χ0v) is 13.6. The van der Waals surface area contributed by atoms with Gasteiger partial charge in [0.2, 0.25) is 0 Å². The van der Waals surface area contributed by atoms with Gasteiger partial charge in [0, 0.05) is 0 Å². The molecule has 0 N–H and O–H groups in total. The summed E-state index contributed by atoms with van der Waals surface area (Å²) in [5, 5.41) is 0. The van der Waals surface area contributed by atoms with Crippen LogP contribution in [0.1, 0.15) is 80.1 Å². The quantitative estimate of drug-likeness (QED) is 0.354. The minimum absolute atomic E-state index is 0.674. The van der Waals surface area contributed by atoms with Crippen molar-refractivity contribution in [3.8, 4) is 0 Å². The van der Waals surface area contributed by atoms with Gasteiger partial charge in [0.05, 0.1) is 0 Å². The Hall–Kier alpha value is -0.260. The van der Waals surface area contributed by atoms with Crippen LogP contribution >= 0.6 is 0 Å². The fourth-order valence-electron chi connectivity index (χ4n) is 3.98. The van der Waals surface area contributed by atoms with Crippen LogP contribution in [0.4, 0.5) is 0 Å². The molecule has 0 bridgehead atoms. The van der Waals surface area contributed by atoms with Gasteiger partial charge in [-0.3, -0.25) is 0 Å². The van der Waals surface area contributed by atoms with E-state index in [0.29, 0.717) is 5.41 Å². The van der Waals surface area contributed by atoms with Gasteiger partial charge in [-0.1, -0.05) is 58.6 Å². The second kappa shape index (κ2) is 6.78. The smallest absolute Gasteiger partial charge is 0.0264 e. The lowest BCUT2D eigenvalue weighted by Crippen LogP contribution is -2.03. The van der Waals surface area contributed by atoms with Crippen LogP contribution in [0.15, 0.2) is 11.6 Å². The van der Waals surface area contributed by atoms with Crippen LogP contribution in [-0.2, 0) is 0 Å². The molecule has 18 heavy (non-hydrogen) atoms. The van der Waals surface area contributed by atoms with Gasteiger partial charge in [-0.15, -0.1) is 0 Å². The maximum absolute atomic E-state index is 2.52. The average Bonchev–Trinajstić information content (AvgIpc) is 2.86. The van der Waals surface area contributed by atoms with Gasteiger partial charge < -0.3 is 0 Å². The molecule has 3 unspecified atom stereocenters. The van der Waals surface area contributed by atoms with Crippen molar-refractivity contribution in [2.24, 2.45) is 23.2 Å². The highest BCUT2D eigenvalue weighted by molar-refractivity contribution is 5.06.